The van der Waals surface area contributed by atoms with Gasteiger partial charge in [0, 0.05) is 6.54 Å². The smallest absolute Gasteiger partial charge is 0.316 e. The average Bonchev–Trinajstić information content (AvgIpc) is 2.96. The molecule has 2 aromatic rings. The van der Waals surface area contributed by atoms with Crippen LogP contribution < -0.4 is 4.74 Å². The van der Waals surface area contributed by atoms with Gasteiger partial charge in [0.1, 0.15) is 6.10 Å². The van der Waals surface area contributed by atoms with Crippen LogP contribution in [0.4, 0.5) is 4.39 Å². The fourth-order valence-electron chi connectivity index (χ4n) is 2.31. The van der Waals surface area contributed by atoms with Crippen LogP contribution in [0.5, 0.6) is 6.01 Å². The number of carbonyl (C=O) groups excluding carboxylic acids is 1. The number of amides is 1. The first-order valence-electron chi connectivity index (χ1n) is 6.80. The van der Waals surface area contributed by atoms with Crippen LogP contribution in [0.3, 0.4) is 0 Å². The van der Waals surface area contributed by atoms with E-state index in [4.69, 9.17) is 9.15 Å². The Morgan fingerprint density at radius 3 is 2.86 bits per heavy atom. The summed E-state index contributed by atoms with van der Waals surface area (Å²) in [4.78, 5) is 21.5. The second-order valence-corrected chi connectivity index (χ2v) is 5.70. The Labute approximate surface area is 134 Å². The summed E-state index contributed by atoms with van der Waals surface area (Å²) in [6.45, 7) is 1.05. The number of nitrogens with zero attached hydrogens (tertiary/aromatic N) is 3. The number of likely N-dealkylation sites (tertiary alicyclic amines) is 1. The van der Waals surface area contributed by atoms with Gasteiger partial charge in [-0.05, 0) is 40.9 Å². The molecule has 0 bridgehead atoms. The van der Waals surface area contributed by atoms with Gasteiger partial charge in [-0.25, -0.2) is 14.4 Å². The van der Waals surface area contributed by atoms with Crippen LogP contribution in [-0.2, 0) is 0 Å². The molecular formula is C14H13BrFN3O3. The van der Waals surface area contributed by atoms with E-state index in [1.54, 1.807) is 17.0 Å². The molecule has 6 nitrogen and oxygen atoms in total. The van der Waals surface area contributed by atoms with Crippen molar-refractivity contribution in [2.24, 2.45) is 0 Å². The summed E-state index contributed by atoms with van der Waals surface area (Å²) in [6, 6.07) is 3.42. The Bertz CT molecular complexity index is 662. The molecule has 2 aromatic heterocycles. The van der Waals surface area contributed by atoms with Crippen molar-refractivity contribution in [3.8, 4) is 6.01 Å². The van der Waals surface area contributed by atoms with Crippen LogP contribution in [0.2, 0.25) is 0 Å². The zero-order valence-electron chi connectivity index (χ0n) is 11.5. The average molecular weight is 370 g/mol. The van der Waals surface area contributed by atoms with E-state index >= 15 is 0 Å². The van der Waals surface area contributed by atoms with Gasteiger partial charge in [-0.15, -0.1) is 0 Å². The van der Waals surface area contributed by atoms with Crippen LogP contribution in [0.1, 0.15) is 23.4 Å². The minimum absolute atomic E-state index is 0.112. The Kier molecular flexibility index (Phi) is 4.37. The molecule has 1 saturated heterocycles. The molecule has 0 saturated carbocycles. The maximum atomic E-state index is 12.8. The van der Waals surface area contributed by atoms with Gasteiger partial charge in [0.2, 0.25) is 0 Å². The number of aromatic nitrogens is 2. The lowest BCUT2D eigenvalue weighted by Gasteiger charge is -2.31. The summed E-state index contributed by atoms with van der Waals surface area (Å²) in [5.74, 6) is -0.416. The Balaban J connectivity index is 1.63. The topological polar surface area (TPSA) is 68.5 Å². The van der Waals surface area contributed by atoms with Gasteiger partial charge >= 0.3 is 6.01 Å². The van der Waals surface area contributed by atoms with Crippen molar-refractivity contribution in [3.05, 3.63) is 40.8 Å². The predicted molar refractivity (Wildman–Crippen MR) is 78.0 cm³/mol. The Morgan fingerprint density at radius 2 is 2.18 bits per heavy atom. The number of piperidine rings is 1. The molecule has 0 N–H and O–H groups in total. The molecule has 22 heavy (non-hydrogen) atoms. The van der Waals surface area contributed by atoms with Crippen molar-refractivity contribution >= 4 is 21.8 Å². The van der Waals surface area contributed by atoms with Gasteiger partial charge < -0.3 is 14.1 Å². The zero-order chi connectivity index (χ0) is 15.5. The van der Waals surface area contributed by atoms with E-state index in [9.17, 15) is 9.18 Å². The third kappa shape index (κ3) is 3.44. The number of carbonyl (C=O) groups is 1. The molecular weight excluding hydrogens is 357 g/mol. The van der Waals surface area contributed by atoms with Crippen molar-refractivity contribution in [1.29, 1.82) is 0 Å². The molecule has 1 aliphatic rings. The van der Waals surface area contributed by atoms with Gasteiger partial charge in [-0.1, -0.05) is 0 Å². The van der Waals surface area contributed by atoms with E-state index in [1.807, 2.05) is 0 Å². The minimum Gasteiger partial charge on any atom is -0.458 e. The summed E-state index contributed by atoms with van der Waals surface area (Å²) < 4.78 is 24.2. The molecule has 0 aromatic carbocycles. The standard InChI is InChI=1S/C14H13BrFN3O3/c15-12-4-3-11(22-12)13(20)19-5-1-2-10(8-19)21-14-17-6-9(16)7-18-14/h3-4,6-7,10H,1-2,5,8H2. The van der Waals surface area contributed by atoms with E-state index in [2.05, 4.69) is 25.9 Å². The second kappa shape index (κ2) is 6.43. The van der Waals surface area contributed by atoms with Crippen molar-refractivity contribution in [3.63, 3.8) is 0 Å². The van der Waals surface area contributed by atoms with Gasteiger partial charge in [-0.2, -0.15) is 0 Å². The highest BCUT2D eigenvalue weighted by molar-refractivity contribution is 9.10. The van der Waals surface area contributed by atoms with E-state index in [-0.39, 0.29) is 23.8 Å². The lowest BCUT2D eigenvalue weighted by molar-refractivity contribution is 0.0487. The van der Waals surface area contributed by atoms with Crippen LogP contribution in [0.15, 0.2) is 33.6 Å². The molecule has 0 spiro atoms. The summed E-state index contributed by atoms with van der Waals surface area (Å²) in [6.07, 6.45) is 3.47. The first-order valence-corrected chi connectivity index (χ1v) is 7.60. The van der Waals surface area contributed by atoms with Crippen molar-refractivity contribution < 1.29 is 18.3 Å². The molecule has 1 fully saturated rings. The molecule has 1 atom stereocenters. The summed E-state index contributed by atoms with van der Waals surface area (Å²) in [5.41, 5.74) is 0. The number of hydrogen-bond donors (Lipinski definition) is 0. The van der Waals surface area contributed by atoms with Crippen molar-refractivity contribution in [2.45, 2.75) is 18.9 Å². The van der Waals surface area contributed by atoms with Crippen LogP contribution in [0.25, 0.3) is 0 Å². The molecule has 0 aliphatic carbocycles. The fraction of sp³-hybridized carbons (Fsp3) is 0.357. The highest BCUT2D eigenvalue weighted by Crippen LogP contribution is 2.20. The normalized spacial score (nSPS) is 18.3. The van der Waals surface area contributed by atoms with E-state index in [0.717, 1.165) is 25.2 Å². The van der Waals surface area contributed by atoms with E-state index < -0.39 is 5.82 Å². The monoisotopic (exact) mass is 369 g/mol. The number of rotatable bonds is 3. The van der Waals surface area contributed by atoms with Gasteiger partial charge in [-0.3, -0.25) is 4.79 Å². The second-order valence-electron chi connectivity index (χ2n) is 4.92. The molecule has 3 rings (SSSR count). The van der Waals surface area contributed by atoms with E-state index in [0.29, 0.717) is 17.8 Å². The Morgan fingerprint density at radius 1 is 1.41 bits per heavy atom. The van der Waals surface area contributed by atoms with Crippen LogP contribution in [-0.4, -0.2) is 40.0 Å². The highest BCUT2D eigenvalue weighted by atomic mass is 79.9. The van der Waals surface area contributed by atoms with Crippen molar-refractivity contribution in [1.82, 2.24) is 14.9 Å². The third-order valence-electron chi connectivity index (χ3n) is 3.32. The lowest BCUT2D eigenvalue weighted by atomic mass is 10.1. The van der Waals surface area contributed by atoms with Crippen LogP contribution >= 0.6 is 15.9 Å². The quantitative estimate of drug-likeness (QED) is 0.831. The molecule has 8 heteroatoms. The molecule has 3 heterocycles. The van der Waals surface area contributed by atoms with Gasteiger partial charge in [0.05, 0.1) is 18.9 Å². The maximum absolute atomic E-state index is 12.8. The van der Waals surface area contributed by atoms with E-state index in [1.165, 1.54) is 0 Å². The maximum Gasteiger partial charge on any atom is 0.316 e. The largest absolute Gasteiger partial charge is 0.458 e. The summed E-state index contributed by atoms with van der Waals surface area (Å²) in [5, 5.41) is 0. The number of halogens is 2. The van der Waals surface area contributed by atoms with Crippen molar-refractivity contribution in [2.75, 3.05) is 13.1 Å². The van der Waals surface area contributed by atoms with Crippen LogP contribution in [0, 0.1) is 5.82 Å². The molecule has 1 aliphatic heterocycles. The molecule has 116 valence electrons. The van der Waals surface area contributed by atoms with Gasteiger partial charge in [0.15, 0.2) is 16.2 Å². The number of ether oxygens (including phenoxy) is 1. The minimum atomic E-state index is -0.517. The predicted octanol–water partition coefficient (Wildman–Crippen LogP) is 2.65. The highest BCUT2D eigenvalue weighted by Gasteiger charge is 2.27. The number of hydrogen-bond acceptors (Lipinski definition) is 5. The first-order chi connectivity index (χ1) is 10.6. The zero-order valence-corrected chi connectivity index (χ0v) is 13.1. The Hall–Kier alpha value is -1.96. The van der Waals surface area contributed by atoms with Gasteiger partial charge in [0.25, 0.3) is 5.91 Å². The molecule has 1 unspecified atom stereocenters. The SMILES string of the molecule is O=C(c1ccc(Br)o1)N1CCCC(Oc2ncc(F)cn2)C1. The third-order valence-corrected chi connectivity index (χ3v) is 3.74. The fourth-order valence-corrected chi connectivity index (χ4v) is 2.62. The lowest BCUT2D eigenvalue weighted by Crippen LogP contribution is -2.44. The summed E-state index contributed by atoms with van der Waals surface area (Å²) in [7, 11) is 0. The molecule has 0 radical (unpaired) electrons. The molecule has 1 amide bonds. The first kappa shape index (κ1) is 15.0. The number of furan rings is 1. The summed E-state index contributed by atoms with van der Waals surface area (Å²) >= 11 is 3.18.